The molecule has 0 saturated carbocycles. The molecule has 3 N–H and O–H groups in total. The van der Waals surface area contributed by atoms with Crippen LogP contribution in [0.25, 0.3) is 6.08 Å². The summed E-state index contributed by atoms with van der Waals surface area (Å²) in [6.45, 7) is 2.15. The zero-order valence-corrected chi connectivity index (χ0v) is 27.7. The number of amides is 2. The third-order valence-corrected chi connectivity index (χ3v) is 9.84. The van der Waals surface area contributed by atoms with Crippen molar-refractivity contribution in [1.82, 2.24) is 0 Å². The number of para-hydroxylation sites is 2. The van der Waals surface area contributed by atoms with E-state index >= 15 is 0 Å². The number of benzene rings is 4. The highest BCUT2D eigenvalue weighted by Crippen LogP contribution is 2.51. The van der Waals surface area contributed by atoms with Crippen molar-refractivity contribution in [3.63, 3.8) is 0 Å². The standard InChI is InChI=1S/C40H38BFN2O6/c1-25(20-26-13-18-35(45)34(42)21-26)12-19-36-37-27(24-49-31-10-6-3-7-11-31)22-32-38(33(37)23-41(48)50-36)40(47)44(39(32)46)30-16-14-29(15-17-30)43-28-8-4-2-5-9-28/h2-11,13-18,20-21,32-33,36,38,43,45,48H,12,19,22-24H2,1H3/b25-20+/t32-,33+,36-,38-/m1/s1. The zero-order chi connectivity index (χ0) is 34.8. The maximum Gasteiger partial charge on any atom is 0.455 e. The summed E-state index contributed by atoms with van der Waals surface area (Å²) < 4.78 is 26.4. The van der Waals surface area contributed by atoms with Gasteiger partial charge in [0.2, 0.25) is 11.8 Å². The lowest BCUT2D eigenvalue weighted by atomic mass is 9.58. The van der Waals surface area contributed by atoms with E-state index in [9.17, 15) is 24.1 Å². The molecule has 254 valence electrons. The predicted octanol–water partition coefficient (Wildman–Crippen LogP) is 7.54. The number of allylic oxidation sites excluding steroid dienone is 1. The van der Waals surface area contributed by atoms with E-state index in [0.29, 0.717) is 36.3 Å². The number of hydrogen-bond acceptors (Lipinski definition) is 7. The molecule has 4 aromatic rings. The highest BCUT2D eigenvalue weighted by Gasteiger charge is 2.57. The fraction of sp³-hybridized carbons (Fsp3) is 0.250. The summed E-state index contributed by atoms with van der Waals surface area (Å²) in [6, 6.07) is 30.7. The maximum absolute atomic E-state index is 14.3. The fourth-order valence-corrected chi connectivity index (χ4v) is 7.55. The SMILES string of the molecule is C/C(=C\c1ccc(O)c(F)c1)CC[C@H]1OB(O)C[C@H]2C1=C(COc1ccccc1)C[C@H]1C(=O)N(c3ccc(Nc4ccccc4)cc3)C(=O)[C@H]12. The molecule has 2 aliphatic heterocycles. The van der Waals surface area contributed by atoms with Gasteiger partial charge in [-0.05, 0) is 116 Å². The minimum absolute atomic E-state index is 0.191. The highest BCUT2D eigenvalue weighted by atomic mass is 19.1. The van der Waals surface area contributed by atoms with E-state index in [-0.39, 0.29) is 24.7 Å². The molecular weight excluding hydrogens is 634 g/mol. The first-order valence-corrected chi connectivity index (χ1v) is 16.9. The average molecular weight is 673 g/mol. The molecule has 50 heavy (non-hydrogen) atoms. The molecule has 3 aliphatic rings. The van der Waals surface area contributed by atoms with Crippen LogP contribution in [0.3, 0.4) is 0 Å². The van der Waals surface area contributed by atoms with Crippen LogP contribution in [0.5, 0.6) is 11.5 Å². The van der Waals surface area contributed by atoms with Crippen molar-refractivity contribution in [1.29, 1.82) is 0 Å². The van der Waals surface area contributed by atoms with Crippen LogP contribution < -0.4 is 15.0 Å². The zero-order valence-electron chi connectivity index (χ0n) is 27.7. The number of phenols is 1. The van der Waals surface area contributed by atoms with Gasteiger partial charge in [-0.2, -0.15) is 0 Å². The number of rotatable bonds is 10. The number of aromatic hydroxyl groups is 1. The van der Waals surface area contributed by atoms with Gasteiger partial charge in [-0.3, -0.25) is 14.5 Å². The van der Waals surface area contributed by atoms with Crippen molar-refractivity contribution in [2.75, 3.05) is 16.8 Å². The van der Waals surface area contributed by atoms with E-state index in [2.05, 4.69) is 5.32 Å². The molecule has 7 rings (SSSR count). The van der Waals surface area contributed by atoms with Gasteiger partial charge >= 0.3 is 7.12 Å². The van der Waals surface area contributed by atoms with Crippen molar-refractivity contribution in [3.05, 3.63) is 131 Å². The molecule has 0 spiro atoms. The predicted molar refractivity (Wildman–Crippen MR) is 191 cm³/mol. The fourth-order valence-electron chi connectivity index (χ4n) is 7.55. The van der Waals surface area contributed by atoms with Crippen LogP contribution in [0.15, 0.2) is 120 Å². The lowest BCUT2D eigenvalue weighted by molar-refractivity contribution is -0.122. The number of anilines is 3. The highest BCUT2D eigenvalue weighted by molar-refractivity contribution is 6.43. The number of fused-ring (bicyclic) bond motifs is 3. The van der Waals surface area contributed by atoms with Crippen LogP contribution in [0.2, 0.25) is 6.32 Å². The quantitative estimate of drug-likeness (QED) is 0.0908. The van der Waals surface area contributed by atoms with Gasteiger partial charge in [0.1, 0.15) is 12.4 Å². The summed E-state index contributed by atoms with van der Waals surface area (Å²) in [6.07, 6.45) is 2.94. The molecule has 2 fully saturated rings. The number of nitrogens with one attached hydrogen (secondary N) is 1. The molecule has 4 aromatic carbocycles. The van der Waals surface area contributed by atoms with Gasteiger partial charge in [-0.1, -0.05) is 54.1 Å². The molecule has 0 radical (unpaired) electrons. The summed E-state index contributed by atoms with van der Waals surface area (Å²) >= 11 is 0. The largest absolute Gasteiger partial charge is 0.505 e. The van der Waals surface area contributed by atoms with E-state index in [1.54, 1.807) is 18.2 Å². The van der Waals surface area contributed by atoms with Gasteiger partial charge in [0.15, 0.2) is 11.6 Å². The Bertz CT molecular complexity index is 1930. The summed E-state index contributed by atoms with van der Waals surface area (Å²) in [4.78, 5) is 29.7. The van der Waals surface area contributed by atoms with Crippen molar-refractivity contribution < 1.29 is 33.5 Å². The smallest absolute Gasteiger partial charge is 0.455 e. The minimum atomic E-state index is -1.11. The van der Waals surface area contributed by atoms with Gasteiger partial charge < -0.3 is 24.8 Å². The van der Waals surface area contributed by atoms with E-state index in [1.165, 1.54) is 17.0 Å². The second-order valence-electron chi connectivity index (χ2n) is 13.2. The Hall–Kier alpha value is -5.19. The molecule has 0 aromatic heterocycles. The van der Waals surface area contributed by atoms with Crippen molar-refractivity contribution in [2.45, 2.75) is 38.6 Å². The molecule has 0 unspecified atom stereocenters. The number of phenolic OH excluding ortho intramolecular Hbond substituents is 1. The third kappa shape index (κ3) is 6.95. The Balaban J connectivity index is 1.16. The average Bonchev–Trinajstić information content (AvgIpc) is 3.37. The van der Waals surface area contributed by atoms with Crippen LogP contribution in [0, 0.1) is 23.6 Å². The molecule has 1 aliphatic carbocycles. The molecule has 0 bridgehead atoms. The van der Waals surface area contributed by atoms with Gasteiger partial charge in [0.25, 0.3) is 0 Å². The maximum atomic E-state index is 14.3. The van der Waals surface area contributed by atoms with E-state index in [1.807, 2.05) is 85.8 Å². The Morgan fingerprint density at radius 3 is 2.38 bits per heavy atom. The topological polar surface area (TPSA) is 108 Å². The summed E-state index contributed by atoms with van der Waals surface area (Å²) in [5, 5.41) is 23.9. The van der Waals surface area contributed by atoms with Gasteiger partial charge in [0, 0.05) is 11.4 Å². The molecular formula is C40H38BFN2O6. The number of imide groups is 1. The van der Waals surface area contributed by atoms with Gasteiger partial charge in [-0.25, -0.2) is 4.39 Å². The Morgan fingerprint density at radius 2 is 1.66 bits per heavy atom. The third-order valence-electron chi connectivity index (χ3n) is 9.84. The first kappa shape index (κ1) is 33.3. The van der Waals surface area contributed by atoms with Crippen molar-refractivity contribution in [2.24, 2.45) is 17.8 Å². The van der Waals surface area contributed by atoms with Crippen molar-refractivity contribution >= 4 is 42.1 Å². The second kappa shape index (κ2) is 14.3. The van der Waals surface area contributed by atoms with Crippen molar-refractivity contribution in [3.8, 4) is 11.5 Å². The summed E-state index contributed by atoms with van der Waals surface area (Å²) in [5.74, 6) is -2.57. The lowest BCUT2D eigenvalue weighted by Crippen LogP contribution is -2.46. The van der Waals surface area contributed by atoms with Crippen LogP contribution in [-0.2, 0) is 14.2 Å². The minimum Gasteiger partial charge on any atom is -0.505 e. The van der Waals surface area contributed by atoms with E-state index < -0.39 is 42.5 Å². The first-order valence-electron chi connectivity index (χ1n) is 16.9. The van der Waals surface area contributed by atoms with Crippen LogP contribution >= 0.6 is 0 Å². The first-order chi connectivity index (χ1) is 24.2. The number of ether oxygens (including phenoxy) is 1. The van der Waals surface area contributed by atoms with Gasteiger partial charge in [-0.15, -0.1) is 0 Å². The number of carbonyl (C=O) groups is 2. The number of halogens is 1. The van der Waals surface area contributed by atoms with Crippen LogP contribution in [-0.4, -0.2) is 41.8 Å². The number of nitrogens with zero attached hydrogens (tertiary/aromatic N) is 1. The van der Waals surface area contributed by atoms with Gasteiger partial charge in [0.05, 0.1) is 23.6 Å². The number of hydrogen-bond donors (Lipinski definition) is 3. The Kier molecular flexibility index (Phi) is 9.56. The molecule has 2 saturated heterocycles. The lowest BCUT2D eigenvalue weighted by Gasteiger charge is -2.43. The van der Waals surface area contributed by atoms with E-state index in [4.69, 9.17) is 9.39 Å². The molecule has 10 heteroatoms. The molecule has 2 amide bonds. The molecule has 8 nitrogen and oxygen atoms in total. The second-order valence-corrected chi connectivity index (χ2v) is 13.2. The Labute approximate surface area is 291 Å². The normalized spacial score (nSPS) is 22.0. The van der Waals surface area contributed by atoms with E-state index in [0.717, 1.165) is 28.1 Å². The summed E-state index contributed by atoms with van der Waals surface area (Å²) in [5.41, 5.74) is 5.66. The Morgan fingerprint density at radius 1 is 0.960 bits per heavy atom. The molecule has 4 atom stereocenters. The van der Waals surface area contributed by atoms with Crippen LogP contribution in [0.1, 0.15) is 31.7 Å². The summed E-state index contributed by atoms with van der Waals surface area (Å²) in [7, 11) is -1.11. The monoisotopic (exact) mass is 672 g/mol. The molecule has 2 heterocycles. The van der Waals surface area contributed by atoms with Crippen LogP contribution in [0.4, 0.5) is 21.5 Å². The number of carbonyl (C=O) groups excluding carboxylic acids is 2.